The van der Waals surface area contributed by atoms with E-state index in [0.29, 0.717) is 6.61 Å². The number of hydrogen-bond acceptors (Lipinski definition) is 3. The molecule has 0 unspecified atom stereocenters. The molecule has 0 aromatic heterocycles. The zero-order valence-corrected chi connectivity index (χ0v) is 11.7. The van der Waals surface area contributed by atoms with Gasteiger partial charge in [0.2, 0.25) is 0 Å². The lowest BCUT2D eigenvalue weighted by Crippen LogP contribution is -2.05. The second-order valence-electron chi connectivity index (χ2n) is 4.44. The first-order valence-corrected chi connectivity index (χ1v) is 6.41. The summed E-state index contributed by atoms with van der Waals surface area (Å²) < 4.78 is 24.1. The maximum absolute atomic E-state index is 13.6. The van der Waals surface area contributed by atoms with Crippen LogP contribution in [0.5, 0.6) is 11.5 Å². The van der Waals surface area contributed by atoms with Gasteiger partial charge in [0.1, 0.15) is 12.4 Å². The Hall–Kier alpha value is -2.07. The number of benzene rings is 2. The number of ether oxygens (including phenoxy) is 2. The van der Waals surface area contributed by atoms with Gasteiger partial charge in [0.25, 0.3) is 0 Å². The van der Waals surface area contributed by atoms with Gasteiger partial charge in [-0.25, -0.2) is 4.39 Å². The molecule has 4 heteroatoms. The standard InChI is InChI=1S/C16H18FNO2/c1-18-10-12-4-3-5-14(8-12)20-11-13-6-7-16(19-2)15(17)9-13/h3-9,18H,10-11H2,1-2H3. The van der Waals surface area contributed by atoms with Gasteiger partial charge in [-0.1, -0.05) is 18.2 Å². The first kappa shape index (κ1) is 14.3. The Bertz CT molecular complexity index is 572. The predicted molar refractivity (Wildman–Crippen MR) is 76.5 cm³/mol. The quantitative estimate of drug-likeness (QED) is 0.878. The van der Waals surface area contributed by atoms with Crippen LogP contribution in [0.2, 0.25) is 0 Å². The summed E-state index contributed by atoms with van der Waals surface area (Å²) in [6.07, 6.45) is 0. The molecule has 0 spiro atoms. The highest BCUT2D eigenvalue weighted by Crippen LogP contribution is 2.20. The highest BCUT2D eigenvalue weighted by molar-refractivity contribution is 5.31. The van der Waals surface area contributed by atoms with Gasteiger partial charge in [-0.15, -0.1) is 0 Å². The lowest BCUT2D eigenvalue weighted by molar-refractivity contribution is 0.304. The van der Waals surface area contributed by atoms with Gasteiger partial charge < -0.3 is 14.8 Å². The van der Waals surface area contributed by atoms with E-state index in [1.165, 1.54) is 13.2 Å². The van der Waals surface area contributed by atoms with E-state index in [9.17, 15) is 4.39 Å². The van der Waals surface area contributed by atoms with Crippen LogP contribution in [-0.2, 0) is 13.2 Å². The number of hydrogen-bond donors (Lipinski definition) is 1. The first-order chi connectivity index (χ1) is 9.72. The molecule has 106 valence electrons. The number of rotatable bonds is 6. The molecule has 0 atom stereocenters. The molecule has 2 aromatic carbocycles. The van der Waals surface area contributed by atoms with Crippen molar-refractivity contribution in [2.24, 2.45) is 0 Å². The van der Waals surface area contributed by atoms with Crippen molar-refractivity contribution in [3.63, 3.8) is 0 Å². The van der Waals surface area contributed by atoms with Crippen LogP contribution in [0.4, 0.5) is 4.39 Å². The third-order valence-electron chi connectivity index (χ3n) is 2.90. The SMILES string of the molecule is CNCc1cccc(OCc2ccc(OC)c(F)c2)c1. The second kappa shape index (κ2) is 6.91. The molecule has 2 rings (SSSR count). The van der Waals surface area contributed by atoms with E-state index in [2.05, 4.69) is 5.32 Å². The number of halogens is 1. The maximum Gasteiger partial charge on any atom is 0.165 e. The number of nitrogens with one attached hydrogen (secondary N) is 1. The van der Waals surface area contributed by atoms with E-state index in [0.717, 1.165) is 23.4 Å². The van der Waals surface area contributed by atoms with Gasteiger partial charge in [-0.05, 0) is 42.4 Å². The molecule has 0 saturated heterocycles. The third kappa shape index (κ3) is 3.71. The summed E-state index contributed by atoms with van der Waals surface area (Å²) in [7, 11) is 3.34. The molecule has 2 aromatic rings. The predicted octanol–water partition coefficient (Wildman–Crippen LogP) is 3.13. The van der Waals surface area contributed by atoms with Gasteiger partial charge in [0, 0.05) is 6.54 Å². The van der Waals surface area contributed by atoms with E-state index in [1.54, 1.807) is 12.1 Å². The van der Waals surface area contributed by atoms with Crippen molar-refractivity contribution < 1.29 is 13.9 Å². The Balaban J connectivity index is 2.01. The average molecular weight is 275 g/mol. The zero-order chi connectivity index (χ0) is 14.4. The van der Waals surface area contributed by atoms with E-state index in [-0.39, 0.29) is 11.6 Å². The summed E-state index contributed by atoms with van der Waals surface area (Å²) in [4.78, 5) is 0. The van der Waals surface area contributed by atoms with Gasteiger partial charge in [0.05, 0.1) is 7.11 Å². The maximum atomic E-state index is 13.6. The molecule has 0 fully saturated rings. The van der Waals surface area contributed by atoms with Crippen molar-refractivity contribution in [2.45, 2.75) is 13.2 Å². The van der Waals surface area contributed by atoms with Crippen molar-refractivity contribution in [1.82, 2.24) is 5.32 Å². The second-order valence-corrected chi connectivity index (χ2v) is 4.44. The van der Waals surface area contributed by atoms with Crippen LogP contribution in [0, 0.1) is 5.82 Å². The normalized spacial score (nSPS) is 10.3. The molecular weight excluding hydrogens is 257 g/mol. The van der Waals surface area contributed by atoms with E-state index >= 15 is 0 Å². The zero-order valence-electron chi connectivity index (χ0n) is 11.7. The Labute approximate surface area is 118 Å². The topological polar surface area (TPSA) is 30.5 Å². The summed E-state index contributed by atoms with van der Waals surface area (Å²) in [5, 5.41) is 3.09. The molecule has 1 N–H and O–H groups in total. The molecule has 0 aliphatic rings. The molecule has 0 amide bonds. The van der Waals surface area contributed by atoms with Gasteiger partial charge in [-0.3, -0.25) is 0 Å². The summed E-state index contributed by atoms with van der Waals surface area (Å²) in [6, 6.07) is 12.6. The van der Waals surface area contributed by atoms with Crippen LogP contribution in [0.1, 0.15) is 11.1 Å². The minimum atomic E-state index is -0.377. The molecule has 0 aliphatic heterocycles. The summed E-state index contributed by atoms with van der Waals surface area (Å²) in [5.41, 5.74) is 1.91. The Morgan fingerprint density at radius 3 is 2.65 bits per heavy atom. The minimum Gasteiger partial charge on any atom is -0.494 e. The lowest BCUT2D eigenvalue weighted by atomic mass is 10.2. The van der Waals surface area contributed by atoms with E-state index in [4.69, 9.17) is 9.47 Å². The Morgan fingerprint density at radius 1 is 1.10 bits per heavy atom. The lowest BCUT2D eigenvalue weighted by Gasteiger charge is -2.09. The van der Waals surface area contributed by atoms with Gasteiger partial charge >= 0.3 is 0 Å². The van der Waals surface area contributed by atoms with Crippen molar-refractivity contribution in [3.8, 4) is 11.5 Å². The van der Waals surface area contributed by atoms with Crippen LogP contribution in [0.3, 0.4) is 0 Å². The van der Waals surface area contributed by atoms with Crippen LogP contribution in [-0.4, -0.2) is 14.2 Å². The first-order valence-electron chi connectivity index (χ1n) is 6.41. The molecule has 0 heterocycles. The molecule has 20 heavy (non-hydrogen) atoms. The minimum absolute atomic E-state index is 0.241. The molecule has 0 radical (unpaired) electrons. The fourth-order valence-corrected chi connectivity index (χ4v) is 1.92. The summed E-state index contributed by atoms with van der Waals surface area (Å²) in [5.74, 6) is 0.635. The van der Waals surface area contributed by atoms with Crippen molar-refractivity contribution in [1.29, 1.82) is 0 Å². The Kier molecular flexibility index (Phi) is 4.96. The van der Waals surface area contributed by atoms with Crippen molar-refractivity contribution >= 4 is 0 Å². The van der Waals surface area contributed by atoms with Gasteiger partial charge in [-0.2, -0.15) is 0 Å². The Morgan fingerprint density at radius 2 is 1.95 bits per heavy atom. The fourth-order valence-electron chi connectivity index (χ4n) is 1.92. The summed E-state index contributed by atoms with van der Waals surface area (Å²) >= 11 is 0. The monoisotopic (exact) mass is 275 g/mol. The van der Waals surface area contributed by atoms with E-state index < -0.39 is 0 Å². The van der Waals surface area contributed by atoms with Crippen LogP contribution < -0.4 is 14.8 Å². The van der Waals surface area contributed by atoms with Gasteiger partial charge in [0.15, 0.2) is 11.6 Å². The highest BCUT2D eigenvalue weighted by atomic mass is 19.1. The average Bonchev–Trinajstić information content (AvgIpc) is 2.46. The summed E-state index contributed by atoms with van der Waals surface area (Å²) in [6.45, 7) is 1.11. The molecule has 0 aliphatic carbocycles. The van der Waals surface area contributed by atoms with Crippen LogP contribution >= 0.6 is 0 Å². The molecule has 0 saturated carbocycles. The van der Waals surface area contributed by atoms with E-state index in [1.807, 2.05) is 31.3 Å². The molecule has 0 bridgehead atoms. The number of methoxy groups -OCH3 is 1. The molecule has 3 nitrogen and oxygen atoms in total. The van der Waals surface area contributed by atoms with Crippen molar-refractivity contribution in [2.75, 3.05) is 14.2 Å². The third-order valence-corrected chi connectivity index (χ3v) is 2.90. The molecular formula is C16H18FNO2. The highest BCUT2D eigenvalue weighted by Gasteiger charge is 2.04. The van der Waals surface area contributed by atoms with Crippen LogP contribution in [0.15, 0.2) is 42.5 Å². The fraction of sp³-hybridized carbons (Fsp3) is 0.250. The van der Waals surface area contributed by atoms with Crippen LogP contribution in [0.25, 0.3) is 0 Å². The smallest absolute Gasteiger partial charge is 0.165 e. The van der Waals surface area contributed by atoms with Crippen molar-refractivity contribution in [3.05, 3.63) is 59.4 Å². The largest absolute Gasteiger partial charge is 0.494 e.